The third-order valence-corrected chi connectivity index (χ3v) is 3.05. The lowest BCUT2D eigenvalue weighted by Gasteiger charge is -2.13. The smallest absolute Gasteiger partial charge is 0.126 e. The van der Waals surface area contributed by atoms with Crippen molar-refractivity contribution in [3.05, 3.63) is 53.6 Å². The fraction of sp³-hybridized carbons (Fsp3) is 0.250. The molecule has 1 heteroatoms. The van der Waals surface area contributed by atoms with Crippen LogP contribution in [0.15, 0.2) is 42.5 Å². The maximum Gasteiger partial charge on any atom is 0.126 e. The van der Waals surface area contributed by atoms with Gasteiger partial charge in [-0.1, -0.05) is 48.9 Å². The van der Waals surface area contributed by atoms with E-state index in [2.05, 4.69) is 50.2 Å². The average Bonchev–Trinajstić information content (AvgIpc) is 2.38. The number of ether oxygens (including phenoxy) is 1. The average molecular weight is 226 g/mol. The van der Waals surface area contributed by atoms with Crippen molar-refractivity contribution in [3.63, 3.8) is 0 Å². The second-order valence-corrected chi connectivity index (χ2v) is 4.21. The van der Waals surface area contributed by atoms with Crippen LogP contribution >= 0.6 is 0 Å². The van der Waals surface area contributed by atoms with Crippen molar-refractivity contribution in [2.75, 3.05) is 7.11 Å². The van der Waals surface area contributed by atoms with Crippen LogP contribution in [0.1, 0.15) is 18.1 Å². The molecule has 0 atom stereocenters. The highest BCUT2D eigenvalue weighted by atomic mass is 16.5. The molecule has 88 valence electrons. The monoisotopic (exact) mass is 226 g/mol. The van der Waals surface area contributed by atoms with Crippen LogP contribution in [0.4, 0.5) is 0 Å². The molecule has 0 saturated heterocycles. The Hall–Kier alpha value is -1.76. The third kappa shape index (κ3) is 2.33. The Morgan fingerprint density at radius 2 is 1.71 bits per heavy atom. The molecule has 0 spiro atoms. The van der Waals surface area contributed by atoms with Gasteiger partial charge < -0.3 is 4.74 Å². The molecule has 0 amide bonds. The lowest BCUT2D eigenvalue weighted by atomic mass is 9.96. The van der Waals surface area contributed by atoms with Gasteiger partial charge in [-0.3, -0.25) is 0 Å². The standard InChI is InChI=1S/C16H18O/c1-4-13-6-5-7-15(17-3)16(13)14-10-8-12(2)9-11-14/h5-11H,4H2,1-3H3. The number of hydrogen-bond acceptors (Lipinski definition) is 1. The Bertz CT molecular complexity index is 475. The molecular formula is C16H18O. The molecule has 0 N–H and O–H groups in total. The molecule has 0 unspecified atom stereocenters. The lowest BCUT2D eigenvalue weighted by molar-refractivity contribution is 0.416. The van der Waals surface area contributed by atoms with Gasteiger partial charge >= 0.3 is 0 Å². The minimum absolute atomic E-state index is 0.952. The summed E-state index contributed by atoms with van der Waals surface area (Å²) < 4.78 is 5.47. The maximum atomic E-state index is 5.47. The molecular weight excluding hydrogens is 208 g/mol. The van der Waals surface area contributed by atoms with Crippen LogP contribution in [0.25, 0.3) is 11.1 Å². The highest BCUT2D eigenvalue weighted by Crippen LogP contribution is 2.33. The molecule has 2 aromatic rings. The van der Waals surface area contributed by atoms with Crippen molar-refractivity contribution >= 4 is 0 Å². The summed E-state index contributed by atoms with van der Waals surface area (Å²) in [6.07, 6.45) is 1.01. The van der Waals surface area contributed by atoms with Crippen molar-refractivity contribution in [1.29, 1.82) is 0 Å². The van der Waals surface area contributed by atoms with Crippen LogP contribution in [-0.4, -0.2) is 7.11 Å². The van der Waals surface area contributed by atoms with Crippen LogP contribution in [0.3, 0.4) is 0 Å². The molecule has 0 aliphatic rings. The van der Waals surface area contributed by atoms with Gasteiger partial charge in [-0.2, -0.15) is 0 Å². The van der Waals surface area contributed by atoms with Crippen LogP contribution in [0.2, 0.25) is 0 Å². The second-order valence-electron chi connectivity index (χ2n) is 4.21. The summed E-state index contributed by atoms with van der Waals surface area (Å²) in [6, 6.07) is 14.8. The molecule has 0 radical (unpaired) electrons. The molecule has 17 heavy (non-hydrogen) atoms. The van der Waals surface area contributed by atoms with Gasteiger partial charge in [-0.25, -0.2) is 0 Å². The Labute approximate surface area is 103 Å². The maximum absolute atomic E-state index is 5.47. The van der Waals surface area contributed by atoms with Crippen LogP contribution in [-0.2, 0) is 6.42 Å². The molecule has 2 rings (SSSR count). The summed E-state index contributed by atoms with van der Waals surface area (Å²) in [4.78, 5) is 0. The topological polar surface area (TPSA) is 9.23 Å². The first-order valence-corrected chi connectivity index (χ1v) is 5.99. The zero-order valence-corrected chi connectivity index (χ0v) is 10.7. The Morgan fingerprint density at radius 3 is 2.29 bits per heavy atom. The van der Waals surface area contributed by atoms with E-state index in [0.29, 0.717) is 0 Å². The van der Waals surface area contributed by atoms with Crippen molar-refractivity contribution in [2.45, 2.75) is 20.3 Å². The highest BCUT2D eigenvalue weighted by molar-refractivity contribution is 5.74. The minimum atomic E-state index is 0.952. The fourth-order valence-corrected chi connectivity index (χ4v) is 2.09. The summed E-state index contributed by atoms with van der Waals surface area (Å²) in [5.41, 5.74) is 5.05. The predicted molar refractivity (Wildman–Crippen MR) is 72.5 cm³/mol. The quantitative estimate of drug-likeness (QED) is 0.761. The highest BCUT2D eigenvalue weighted by Gasteiger charge is 2.09. The van der Waals surface area contributed by atoms with E-state index in [1.807, 2.05) is 6.07 Å². The van der Waals surface area contributed by atoms with Crippen LogP contribution in [0.5, 0.6) is 5.75 Å². The van der Waals surface area contributed by atoms with Gasteiger partial charge in [0.15, 0.2) is 0 Å². The van der Waals surface area contributed by atoms with E-state index >= 15 is 0 Å². The van der Waals surface area contributed by atoms with E-state index in [1.54, 1.807) is 7.11 Å². The zero-order chi connectivity index (χ0) is 12.3. The first-order chi connectivity index (χ1) is 8.26. The summed E-state index contributed by atoms with van der Waals surface area (Å²) in [5.74, 6) is 0.952. The minimum Gasteiger partial charge on any atom is -0.496 e. The van der Waals surface area contributed by atoms with Gasteiger partial charge in [0.25, 0.3) is 0 Å². The van der Waals surface area contributed by atoms with Gasteiger partial charge in [0.1, 0.15) is 5.75 Å². The molecule has 0 heterocycles. The molecule has 0 fully saturated rings. The molecule has 0 aliphatic heterocycles. The Balaban J connectivity index is 2.59. The van der Waals surface area contributed by atoms with Crippen LogP contribution < -0.4 is 4.74 Å². The number of benzene rings is 2. The molecule has 1 nitrogen and oxygen atoms in total. The zero-order valence-electron chi connectivity index (χ0n) is 10.7. The molecule has 2 aromatic carbocycles. The molecule has 0 aliphatic carbocycles. The molecule has 0 saturated carbocycles. The van der Waals surface area contributed by atoms with Gasteiger partial charge in [-0.15, -0.1) is 0 Å². The number of rotatable bonds is 3. The van der Waals surface area contributed by atoms with E-state index in [-0.39, 0.29) is 0 Å². The van der Waals surface area contributed by atoms with E-state index < -0.39 is 0 Å². The van der Waals surface area contributed by atoms with Gasteiger partial charge in [0, 0.05) is 5.56 Å². The summed E-state index contributed by atoms with van der Waals surface area (Å²) in [7, 11) is 1.73. The molecule has 0 aromatic heterocycles. The van der Waals surface area contributed by atoms with E-state index in [4.69, 9.17) is 4.74 Å². The summed E-state index contributed by atoms with van der Waals surface area (Å²) in [5, 5.41) is 0. The number of hydrogen-bond donors (Lipinski definition) is 0. The van der Waals surface area contributed by atoms with Crippen molar-refractivity contribution in [3.8, 4) is 16.9 Å². The van der Waals surface area contributed by atoms with Crippen molar-refractivity contribution < 1.29 is 4.74 Å². The van der Waals surface area contributed by atoms with E-state index in [9.17, 15) is 0 Å². The van der Waals surface area contributed by atoms with Gasteiger partial charge in [0.2, 0.25) is 0 Å². The normalized spacial score (nSPS) is 10.3. The van der Waals surface area contributed by atoms with Crippen LogP contribution in [0, 0.1) is 6.92 Å². The van der Waals surface area contributed by atoms with Gasteiger partial charge in [-0.05, 0) is 30.5 Å². The Kier molecular flexibility index (Phi) is 3.48. The fourth-order valence-electron chi connectivity index (χ4n) is 2.09. The second kappa shape index (κ2) is 5.05. The third-order valence-electron chi connectivity index (χ3n) is 3.05. The first-order valence-electron chi connectivity index (χ1n) is 5.99. The van der Waals surface area contributed by atoms with Crippen molar-refractivity contribution in [2.24, 2.45) is 0 Å². The lowest BCUT2D eigenvalue weighted by Crippen LogP contribution is -1.93. The van der Waals surface area contributed by atoms with E-state index in [0.717, 1.165) is 12.2 Å². The Morgan fingerprint density at radius 1 is 1.00 bits per heavy atom. The SMILES string of the molecule is CCc1cccc(OC)c1-c1ccc(C)cc1. The number of aryl methyl sites for hydroxylation is 2. The van der Waals surface area contributed by atoms with Crippen molar-refractivity contribution in [1.82, 2.24) is 0 Å². The summed E-state index contributed by atoms with van der Waals surface area (Å²) in [6.45, 7) is 4.28. The first kappa shape index (κ1) is 11.7. The predicted octanol–water partition coefficient (Wildman–Crippen LogP) is 4.23. The molecule has 0 bridgehead atoms. The largest absolute Gasteiger partial charge is 0.496 e. The van der Waals surface area contributed by atoms with Gasteiger partial charge in [0.05, 0.1) is 7.11 Å². The van der Waals surface area contributed by atoms with E-state index in [1.165, 1.54) is 22.3 Å². The summed E-state index contributed by atoms with van der Waals surface area (Å²) >= 11 is 0. The number of methoxy groups -OCH3 is 1.